The Balaban J connectivity index is 1.74. The summed E-state index contributed by atoms with van der Waals surface area (Å²) in [5.41, 5.74) is 0.583. The van der Waals surface area contributed by atoms with Crippen molar-refractivity contribution >= 4 is 11.7 Å². The Hall–Kier alpha value is -2.12. The van der Waals surface area contributed by atoms with Crippen molar-refractivity contribution < 1.29 is 23.8 Å². The Morgan fingerprint density at radius 2 is 1.86 bits per heavy atom. The van der Waals surface area contributed by atoms with Crippen LogP contribution in [0.5, 0.6) is 11.5 Å². The molecule has 0 saturated carbocycles. The summed E-state index contributed by atoms with van der Waals surface area (Å²) >= 11 is 0. The number of carbonyl (C=O) groups excluding carboxylic acids is 2. The fraction of sp³-hybridized carbons (Fsp3) is 0.619. The lowest BCUT2D eigenvalue weighted by Gasteiger charge is -2.22. The average molecular weight is 392 g/mol. The van der Waals surface area contributed by atoms with Crippen LogP contribution >= 0.6 is 0 Å². The van der Waals surface area contributed by atoms with Crippen molar-refractivity contribution in [2.24, 2.45) is 0 Å². The van der Waals surface area contributed by atoms with Gasteiger partial charge >= 0.3 is 0 Å². The van der Waals surface area contributed by atoms with E-state index in [2.05, 4.69) is 4.90 Å². The summed E-state index contributed by atoms with van der Waals surface area (Å²) in [6.45, 7) is 7.06. The number of rotatable bonds is 10. The van der Waals surface area contributed by atoms with Crippen molar-refractivity contribution in [3.05, 3.63) is 23.8 Å². The number of hydrogen-bond donors (Lipinski definition) is 0. The Bertz CT molecular complexity index is 650. The maximum absolute atomic E-state index is 12.5. The van der Waals surface area contributed by atoms with Gasteiger partial charge in [-0.05, 0) is 44.5 Å². The van der Waals surface area contributed by atoms with Crippen molar-refractivity contribution in [1.29, 1.82) is 0 Å². The van der Waals surface area contributed by atoms with Crippen molar-refractivity contribution in [2.75, 3.05) is 60.2 Å². The number of benzene rings is 1. The molecule has 1 aromatic carbocycles. The molecular formula is C21H32N2O5. The molecule has 7 heteroatoms. The van der Waals surface area contributed by atoms with Gasteiger partial charge < -0.3 is 19.1 Å². The molecule has 0 bridgehead atoms. The molecule has 1 fully saturated rings. The zero-order valence-corrected chi connectivity index (χ0v) is 17.2. The molecular weight excluding hydrogens is 360 g/mol. The highest BCUT2D eigenvalue weighted by molar-refractivity contribution is 5.94. The Kier molecular flexibility index (Phi) is 9.23. The molecule has 28 heavy (non-hydrogen) atoms. The summed E-state index contributed by atoms with van der Waals surface area (Å²) in [6, 6.07) is 5.13. The quantitative estimate of drug-likeness (QED) is 0.449. The smallest absolute Gasteiger partial charge is 0.222 e. The van der Waals surface area contributed by atoms with Crippen LogP contribution in [-0.2, 0) is 9.53 Å². The fourth-order valence-electron chi connectivity index (χ4n) is 3.23. The second kappa shape index (κ2) is 11.7. The first-order chi connectivity index (χ1) is 13.5. The number of hydrogen-bond acceptors (Lipinski definition) is 6. The van der Waals surface area contributed by atoms with Crippen LogP contribution in [0.1, 0.15) is 36.5 Å². The van der Waals surface area contributed by atoms with Crippen LogP contribution in [-0.4, -0.2) is 81.6 Å². The summed E-state index contributed by atoms with van der Waals surface area (Å²) < 4.78 is 16.2. The molecule has 0 unspecified atom stereocenters. The molecule has 2 rings (SSSR count). The van der Waals surface area contributed by atoms with E-state index in [1.165, 1.54) is 6.92 Å². The molecule has 7 nitrogen and oxygen atoms in total. The Morgan fingerprint density at radius 1 is 1.04 bits per heavy atom. The molecule has 0 aromatic heterocycles. The minimum absolute atomic E-state index is 0.0197. The van der Waals surface area contributed by atoms with Gasteiger partial charge in [0, 0.05) is 45.3 Å². The summed E-state index contributed by atoms with van der Waals surface area (Å²) in [6.07, 6.45) is 2.10. The largest absolute Gasteiger partial charge is 0.493 e. The SMILES string of the molecule is COCCN1CCCN(C(=O)CCCOc2ccc(C(C)=O)cc2OC)CC1. The van der Waals surface area contributed by atoms with E-state index < -0.39 is 0 Å². The number of amides is 1. The van der Waals surface area contributed by atoms with Crippen LogP contribution < -0.4 is 9.47 Å². The molecule has 0 atom stereocenters. The van der Waals surface area contributed by atoms with E-state index in [-0.39, 0.29) is 11.7 Å². The summed E-state index contributed by atoms with van der Waals surface area (Å²) in [4.78, 5) is 28.2. The maximum Gasteiger partial charge on any atom is 0.222 e. The monoisotopic (exact) mass is 392 g/mol. The Morgan fingerprint density at radius 3 is 2.57 bits per heavy atom. The summed E-state index contributed by atoms with van der Waals surface area (Å²) in [5, 5.41) is 0. The van der Waals surface area contributed by atoms with Gasteiger partial charge in [0.1, 0.15) is 0 Å². The fourth-order valence-corrected chi connectivity index (χ4v) is 3.23. The van der Waals surface area contributed by atoms with Gasteiger partial charge in [-0.15, -0.1) is 0 Å². The topological polar surface area (TPSA) is 68.3 Å². The number of Topliss-reactive ketones (excluding diaryl/α,β-unsaturated/α-hetero) is 1. The predicted octanol–water partition coefficient (Wildman–Crippen LogP) is 2.24. The van der Waals surface area contributed by atoms with Gasteiger partial charge in [-0.2, -0.15) is 0 Å². The van der Waals surface area contributed by atoms with Crippen LogP contribution in [0.2, 0.25) is 0 Å². The van der Waals surface area contributed by atoms with Crippen molar-refractivity contribution in [3.63, 3.8) is 0 Å². The van der Waals surface area contributed by atoms with Gasteiger partial charge in [-0.1, -0.05) is 0 Å². The molecule has 0 N–H and O–H groups in total. The van der Waals surface area contributed by atoms with E-state index in [1.54, 1.807) is 32.4 Å². The van der Waals surface area contributed by atoms with Gasteiger partial charge in [0.25, 0.3) is 0 Å². The van der Waals surface area contributed by atoms with Crippen molar-refractivity contribution in [2.45, 2.75) is 26.2 Å². The second-order valence-electron chi connectivity index (χ2n) is 6.94. The first kappa shape index (κ1) is 22.2. The lowest BCUT2D eigenvalue weighted by Crippen LogP contribution is -2.36. The number of ether oxygens (including phenoxy) is 3. The van der Waals surface area contributed by atoms with Crippen molar-refractivity contribution in [1.82, 2.24) is 9.80 Å². The average Bonchev–Trinajstić information content (AvgIpc) is 2.95. The molecule has 1 aromatic rings. The van der Waals surface area contributed by atoms with E-state index in [4.69, 9.17) is 14.2 Å². The maximum atomic E-state index is 12.5. The van der Waals surface area contributed by atoms with Gasteiger partial charge in [0.15, 0.2) is 17.3 Å². The molecule has 0 spiro atoms. The standard InChI is InChI=1S/C21H32N2O5/c1-17(24)18-7-8-19(20(16-18)27-3)28-14-4-6-21(25)23-10-5-9-22(11-12-23)13-15-26-2/h7-8,16H,4-6,9-15H2,1-3H3. The summed E-state index contributed by atoms with van der Waals surface area (Å²) in [7, 11) is 3.26. The first-order valence-electron chi connectivity index (χ1n) is 9.86. The van der Waals surface area contributed by atoms with E-state index in [1.807, 2.05) is 4.90 Å². The third-order valence-electron chi connectivity index (χ3n) is 4.92. The molecule has 156 valence electrons. The van der Waals surface area contributed by atoms with Gasteiger partial charge in [0.2, 0.25) is 5.91 Å². The van der Waals surface area contributed by atoms with Crippen LogP contribution in [0.15, 0.2) is 18.2 Å². The first-order valence-corrected chi connectivity index (χ1v) is 9.86. The van der Waals surface area contributed by atoms with E-state index >= 15 is 0 Å². The number of nitrogens with zero attached hydrogens (tertiary/aromatic N) is 2. The van der Waals surface area contributed by atoms with Gasteiger partial charge in [-0.25, -0.2) is 0 Å². The van der Waals surface area contributed by atoms with Crippen molar-refractivity contribution in [3.8, 4) is 11.5 Å². The highest BCUT2D eigenvalue weighted by atomic mass is 16.5. The van der Waals surface area contributed by atoms with Crippen LogP contribution in [0.25, 0.3) is 0 Å². The van der Waals surface area contributed by atoms with Crippen LogP contribution in [0, 0.1) is 0 Å². The molecule has 1 aliphatic heterocycles. The highest BCUT2D eigenvalue weighted by Crippen LogP contribution is 2.28. The minimum Gasteiger partial charge on any atom is -0.493 e. The van der Waals surface area contributed by atoms with Gasteiger partial charge in [0.05, 0.1) is 20.3 Å². The lowest BCUT2D eigenvalue weighted by atomic mass is 10.1. The molecule has 0 radical (unpaired) electrons. The zero-order chi connectivity index (χ0) is 20.4. The molecule has 1 amide bonds. The third-order valence-corrected chi connectivity index (χ3v) is 4.92. The Labute approximate surface area is 167 Å². The third kappa shape index (κ3) is 6.80. The lowest BCUT2D eigenvalue weighted by molar-refractivity contribution is -0.131. The number of methoxy groups -OCH3 is 2. The highest BCUT2D eigenvalue weighted by Gasteiger charge is 2.18. The molecule has 1 heterocycles. The second-order valence-corrected chi connectivity index (χ2v) is 6.94. The molecule has 1 aliphatic rings. The van der Waals surface area contributed by atoms with E-state index in [0.717, 1.165) is 45.8 Å². The molecule has 1 saturated heterocycles. The van der Waals surface area contributed by atoms with Crippen LogP contribution in [0.3, 0.4) is 0 Å². The van der Waals surface area contributed by atoms with E-state index in [9.17, 15) is 9.59 Å². The van der Waals surface area contributed by atoms with E-state index in [0.29, 0.717) is 36.5 Å². The number of ketones is 1. The normalized spacial score (nSPS) is 15.2. The zero-order valence-electron chi connectivity index (χ0n) is 17.2. The summed E-state index contributed by atoms with van der Waals surface area (Å²) in [5.74, 6) is 1.27. The number of carbonyl (C=O) groups is 2. The molecule has 0 aliphatic carbocycles. The van der Waals surface area contributed by atoms with Crippen LogP contribution in [0.4, 0.5) is 0 Å². The minimum atomic E-state index is -0.0197. The predicted molar refractivity (Wildman–Crippen MR) is 107 cm³/mol. The van der Waals surface area contributed by atoms with Gasteiger partial charge in [-0.3, -0.25) is 14.5 Å².